The average Bonchev–Trinajstić information content (AvgIpc) is 2.27. The molecule has 23 heavy (non-hydrogen) atoms. The Morgan fingerprint density at radius 1 is 0.739 bits per heavy atom. The van der Waals surface area contributed by atoms with Gasteiger partial charge in [0, 0.05) is 0 Å². The molecule has 0 heterocycles. The molecule has 0 spiro atoms. The van der Waals surface area contributed by atoms with E-state index in [0.29, 0.717) is 6.61 Å². The van der Waals surface area contributed by atoms with Gasteiger partial charge >= 0.3 is 11.9 Å². The summed E-state index contributed by atoms with van der Waals surface area (Å²) in [7, 11) is -5.96. The molecule has 0 aliphatic heterocycles. The molecule has 0 aromatic heterocycles. The van der Waals surface area contributed by atoms with E-state index in [4.69, 9.17) is 18.0 Å². The second-order valence-electron chi connectivity index (χ2n) is 8.40. The van der Waals surface area contributed by atoms with Gasteiger partial charge in [-0.05, 0) is 65.3 Å². The maximum absolute atomic E-state index is 12.5. The summed E-state index contributed by atoms with van der Waals surface area (Å²) < 4.78 is 23.4. The molecular formula is C15H34O5Si3. The summed E-state index contributed by atoms with van der Waals surface area (Å²) in [6, 6.07) is 0. The normalized spacial score (nSPS) is 12.4. The summed E-state index contributed by atoms with van der Waals surface area (Å²) in [6.45, 7) is 20.6. The first-order valence-corrected chi connectivity index (χ1v) is 18.4. The highest BCUT2D eigenvalue weighted by Crippen LogP contribution is 2.24. The van der Waals surface area contributed by atoms with E-state index >= 15 is 0 Å². The average molecular weight is 379 g/mol. The van der Waals surface area contributed by atoms with Crippen LogP contribution in [-0.4, -0.2) is 37.5 Å². The first-order valence-electron chi connectivity index (χ1n) is 8.13. The lowest BCUT2D eigenvalue weighted by Gasteiger charge is -2.30. The smallest absolute Gasteiger partial charge is 0.379 e. The van der Waals surface area contributed by atoms with Crippen LogP contribution in [0, 0.1) is 0 Å². The Kier molecular flexibility index (Phi) is 8.12. The Balaban J connectivity index is 5.84. The number of esters is 1. The van der Waals surface area contributed by atoms with Crippen molar-refractivity contribution in [1.29, 1.82) is 0 Å². The number of rotatable bonds is 9. The van der Waals surface area contributed by atoms with Crippen LogP contribution < -0.4 is 0 Å². The standard InChI is InChI=1S/C15H34O5Si3/c1-11-12-17-14(16)13(18-21(2,3)4)15(19-22(5,6)7)20-23(8,9)10/h11-12H2,1-10H3. The van der Waals surface area contributed by atoms with E-state index in [1.54, 1.807) is 0 Å². The van der Waals surface area contributed by atoms with Crippen molar-refractivity contribution in [3.05, 3.63) is 11.7 Å². The van der Waals surface area contributed by atoms with Crippen molar-refractivity contribution < 1.29 is 22.8 Å². The quantitative estimate of drug-likeness (QED) is 0.253. The van der Waals surface area contributed by atoms with Crippen LogP contribution in [0.1, 0.15) is 13.3 Å². The lowest BCUT2D eigenvalue weighted by atomic mass is 10.5. The van der Waals surface area contributed by atoms with Crippen LogP contribution in [-0.2, 0) is 22.8 Å². The minimum Gasteiger partial charge on any atom is -0.535 e. The SMILES string of the molecule is CCCOC(=O)C(O[Si](C)(C)C)=C(O[Si](C)(C)C)O[Si](C)(C)C. The molecule has 0 saturated heterocycles. The maximum atomic E-state index is 12.5. The largest absolute Gasteiger partial charge is 0.535 e. The van der Waals surface area contributed by atoms with E-state index in [1.807, 2.05) is 65.8 Å². The zero-order chi connectivity index (χ0) is 18.5. The molecule has 0 aromatic rings. The van der Waals surface area contributed by atoms with E-state index in [1.165, 1.54) is 0 Å². The molecule has 0 rings (SSSR count). The summed E-state index contributed by atoms with van der Waals surface area (Å²) >= 11 is 0. The van der Waals surface area contributed by atoms with Crippen molar-refractivity contribution in [1.82, 2.24) is 0 Å². The fourth-order valence-electron chi connectivity index (χ4n) is 1.40. The van der Waals surface area contributed by atoms with Gasteiger partial charge in [0.05, 0.1) is 6.61 Å². The Bertz CT molecular complexity index is 410. The van der Waals surface area contributed by atoms with Gasteiger partial charge in [-0.25, -0.2) is 4.79 Å². The number of hydrogen-bond acceptors (Lipinski definition) is 5. The van der Waals surface area contributed by atoms with Crippen LogP contribution >= 0.6 is 0 Å². The summed E-state index contributed by atoms with van der Waals surface area (Å²) in [6.07, 6.45) is 0.755. The van der Waals surface area contributed by atoms with Gasteiger partial charge < -0.3 is 18.0 Å². The Morgan fingerprint density at radius 3 is 1.43 bits per heavy atom. The molecule has 0 aromatic carbocycles. The first kappa shape index (κ1) is 22.3. The van der Waals surface area contributed by atoms with Crippen LogP contribution in [0.5, 0.6) is 0 Å². The van der Waals surface area contributed by atoms with Gasteiger partial charge in [0.25, 0.3) is 5.76 Å². The Hall–Kier alpha value is -0.739. The molecule has 5 nitrogen and oxygen atoms in total. The lowest BCUT2D eigenvalue weighted by molar-refractivity contribution is -0.142. The highest BCUT2D eigenvalue weighted by molar-refractivity contribution is 6.71. The molecule has 0 N–H and O–H groups in total. The summed E-state index contributed by atoms with van der Waals surface area (Å²) in [5, 5.41) is 0. The third-order valence-corrected chi connectivity index (χ3v) is 4.43. The summed E-state index contributed by atoms with van der Waals surface area (Å²) in [5.41, 5.74) is 0. The highest BCUT2D eigenvalue weighted by atomic mass is 28.4. The van der Waals surface area contributed by atoms with Crippen LogP contribution in [0.2, 0.25) is 58.9 Å². The second kappa shape index (κ2) is 8.39. The van der Waals surface area contributed by atoms with Crippen LogP contribution in [0.15, 0.2) is 11.7 Å². The predicted molar refractivity (Wildman–Crippen MR) is 102 cm³/mol. The zero-order valence-electron chi connectivity index (χ0n) is 16.5. The molecule has 0 amide bonds. The number of carbonyl (C=O) groups excluding carboxylic acids is 1. The second-order valence-corrected chi connectivity index (χ2v) is 21.7. The molecule has 0 unspecified atom stereocenters. The van der Waals surface area contributed by atoms with Crippen molar-refractivity contribution in [3.63, 3.8) is 0 Å². The highest BCUT2D eigenvalue weighted by Gasteiger charge is 2.33. The molecule has 0 saturated carbocycles. The molecule has 136 valence electrons. The van der Waals surface area contributed by atoms with Crippen molar-refractivity contribution in [2.75, 3.05) is 6.61 Å². The minimum absolute atomic E-state index is 0.0995. The van der Waals surface area contributed by atoms with E-state index in [2.05, 4.69) is 0 Å². The minimum atomic E-state index is -2.02. The fraction of sp³-hybridized carbons (Fsp3) is 0.800. The molecule has 8 heteroatoms. The Labute approximate surface area is 144 Å². The maximum Gasteiger partial charge on any atom is 0.379 e. The topological polar surface area (TPSA) is 54.0 Å². The summed E-state index contributed by atoms with van der Waals surface area (Å²) in [4.78, 5) is 12.5. The van der Waals surface area contributed by atoms with E-state index in [0.717, 1.165) is 6.42 Å². The van der Waals surface area contributed by atoms with Gasteiger partial charge in [0.1, 0.15) is 0 Å². The molecule has 0 aliphatic rings. The van der Waals surface area contributed by atoms with Crippen molar-refractivity contribution in [2.45, 2.75) is 72.3 Å². The fourth-order valence-corrected chi connectivity index (χ4v) is 3.65. The molecule has 0 bridgehead atoms. The van der Waals surface area contributed by atoms with E-state index in [-0.39, 0.29) is 11.7 Å². The number of ether oxygens (including phenoxy) is 1. The van der Waals surface area contributed by atoms with Gasteiger partial charge in [-0.1, -0.05) is 6.92 Å². The molecule has 0 fully saturated rings. The van der Waals surface area contributed by atoms with E-state index in [9.17, 15) is 4.79 Å². The van der Waals surface area contributed by atoms with Gasteiger partial charge in [0.2, 0.25) is 25.0 Å². The van der Waals surface area contributed by atoms with Gasteiger partial charge in [-0.2, -0.15) is 0 Å². The monoisotopic (exact) mass is 378 g/mol. The molecule has 0 radical (unpaired) electrons. The van der Waals surface area contributed by atoms with Crippen molar-refractivity contribution >= 4 is 30.9 Å². The van der Waals surface area contributed by atoms with Gasteiger partial charge in [0.15, 0.2) is 0 Å². The van der Waals surface area contributed by atoms with E-state index < -0.39 is 30.9 Å². The molecule has 0 atom stereocenters. The van der Waals surface area contributed by atoms with Crippen LogP contribution in [0.25, 0.3) is 0 Å². The lowest BCUT2D eigenvalue weighted by Crippen LogP contribution is -2.36. The third kappa shape index (κ3) is 11.4. The number of hydrogen-bond donors (Lipinski definition) is 0. The molecular weight excluding hydrogens is 344 g/mol. The molecule has 0 aliphatic carbocycles. The summed E-state index contributed by atoms with van der Waals surface area (Å²) in [5.74, 6) is -0.185. The predicted octanol–water partition coefficient (Wildman–Crippen LogP) is 4.66. The van der Waals surface area contributed by atoms with Gasteiger partial charge in [-0.3, -0.25) is 0 Å². The number of carbonyl (C=O) groups is 1. The van der Waals surface area contributed by atoms with Gasteiger partial charge in [-0.15, -0.1) is 0 Å². The van der Waals surface area contributed by atoms with Crippen molar-refractivity contribution in [2.24, 2.45) is 0 Å². The van der Waals surface area contributed by atoms with Crippen LogP contribution in [0.4, 0.5) is 0 Å². The van der Waals surface area contributed by atoms with Crippen LogP contribution in [0.3, 0.4) is 0 Å². The van der Waals surface area contributed by atoms with Crippen molar-refractivity contribution in [3.8, 4) is 0 Å². The zero-order valence-corrected chi connectivity index (χ0v) is 19.5. The third-order valence-electron chi connectivity index (χ3n) is 2.01. The first-order chi connectivity index (χ1) is 10.1. The Morgan fingerprint density at radius 2 is 1.13 bits per heavy atom.